The molecule has 1 aliphatic carbocycles. The number of benzene rings is 1. The third-order valence-electron chi connectivity index (χ3n) is 3.85. The Hall–Kier alpha value is -1.82. The van der Waals surface area contributed by atoms with Gasteiger partial charge in [0.1, 0.15) is 5.82 Å². The van der Waals surface area contributed by atoms with Crippen LogP contribution in [-0.2, 0) is 4.79 Å². The first-order chi connectivity index (χ1) is 11.1. The van der Waals surface area contributed by atoms with Crippen LogP contribution in [0.3, 0.4) is 0 Å². The second-order valence-electron chi connectivity index (χ2n) is 5.94. The van der Waals surface area contributed by atoms with Crippen molar-refractivity contribution in [3.05, 3.63) is 48.0 Å². The maximum absolute atomic E-state index is 13.0. The van der Waals surface area contributed by atoms with Gasteiger partial charge in [0.2, 0.25) is 5.91 Å². The van der Waals surface area contributed by atoms with E-state index in [1.165, 1.54) is 25.0 Å². The predicted octanol–water partition coefficient (Wildman–Crippen LogP) is 3.33. The lowest BCUT2D eigenvalue weighted by atomic mass is 10.2. The van der Waals surface area contributed by atoms with Crippen molar-refractivity contribution in [2.75, 3.05) is 11.5 Å². The van der Waals surface area contributed by atoms with E-state index in [4.69, 9.17) is 0 Å². The number of aromatic nitrogens is 2. The quantitative estimate of drug-likeness (QED) is 0.845. The summed E-state index contributed by atoms with van der Waals surface area (Å²) in [4.78, 5) is 11.9. The van der Waals surface area contributed by atoms with Gasteiger partial charge in [0.05, 0.1) is 23.7 Å². The molecule has 3 rings (SSSR count). The number of thioether (sulfide) groups is 1. The van der Waals surface area contributed by atoms with Crippen LogP contribution in [0.5, 0.6) is 0 Å². The molecule has 23 heavy (non-hydrogen) atoms. The van der Waals surface area contributed by atoms with Gasteiger partial charge in [-0.1, -0.05) is 0 Å². The minimum absolute atomic E-state index is 0.0534. The molecule has 2 aromatic rings. The molecule has 0 aliphatic heterocycles. The molecule has 1 aromatic carbocycles. The summed E-state index contributed by atoms with van der Waals surface area (Å²) in [5.41, 5.74) is 1.71. The van der Waals surface area contributed by atoms with Crippen LogP contribution >= 0.6 is 11.8 Å². The highest BCUT2D eigenvalue weighted by Crippen LogP contribution is 2.32. The second kappa shape index (κ2) is 7.17. The first-order valence-electron chi connectivity index (χ1n) is 7.79. The second-order valence-corrected chi connectivity index (χ2v) is 6.97. The molecule has 1 aromatic heterocycles. The van der Waals surface area contributed by atoms with Gasteiger partial charge in [-0.25, -0.2) is 9.07 Å². The van der Waals surface area contributed by atoms with Crippen LogP contribution < -0.4 is 5.32 Å². The zero-order valence-electron chi connectivity index (χ0n) is 13.0. The molecular formula is C17H20FN3OS. The van der Waals surface area contributed by atoms with E-state index in [9.17, 15) is 9.18 Å². The van der Waals surface area contributed by atoms with Crippen LogP contribution in [0.4, 0.5) is 4.39 Å². The summed E-state index contributed by atoms with van der Waals surface area (Å²) in [7, 11) is 0. The molecule has 0 radical (unpaired) electrons. The maximum atomic E-state index is 13.0. The fourth-order valence-corrected chi connectivity index (χ4v) is 3.32. The van der Waals surface area contributed by atoms with Crippen LogP contribution in [0.2, 0.25) is 0 Å². The average molecular weight is 333 g/mol. The number of carbonyl (C=O) groups is 1. The van der Waals surface area contributed by atoms with Crippen molar-refractivity contribution in [2.24, 2.45) is 5.92 Å². The summed E-state index contributed by atoms with van der Waals surface area (Å²) >= 11 is 1.70. The van der Waals surface area contributed by atoms with Crippen molar-refractivity contribution in [1.29, 1.82) is 0 Å². The first kappa shape index (κ1) is 16.1. The lowest BCUT2D eigenvalue weighted by Crippen LogP contribution is -2.28. The van der Waals surface area contributed by atoms with E-state index in [1.54, 1.807) is 34.8 Å². The first-order valence-corrected chi connectivity index (χ1v) is 8.95. The molecule has 122 valence electrons. The van der Waals surface area contributed by atoms with E-state index in [0.29, 0.717) is 5.75 Å². The van der Waals surface area contributed by atoms with Gasteiger partial charge in [0.15, 0.2) is 0 Å². The molecular weight excluding hydrogens is 313 g/mol. The number of nitrogens with zero attached hydrogens (tertiary/aromatic N) is 2. The predicted molar refractivity (Wildman–Crippen MR) is 90.1 cm³/mol. The molecule has 1 amide bonds. The topological polar surface area (TPSA) is 46.9 Å². The Bertz CT molecular complexity index is 667. The van der Waals surface area contributed by atoms with Gasteiger partial charge in [-0.15, -0.1) is 0 Å². The Morgan fingerprint density at radius 3 is 2.87 bits per heavy atom. The number of nitrogens with one attached hydrogen (secondary N) is 1. The normalized spacial score (nSPS) is 15.4. The SMILES string of the molecule is C[C@H](NC(=O)CSCC1CC1)c1cnn(-c2ccc(F)cc2)c1. The number of rotatable bonds is 7. The molecule has 4 nitrogen and oxygen atoms in total. The number of halogens is 1. The summed E-state index contributed by atoms with van der Waals surface area (Å²) in [6.45, 7) is 1.94. The molecule has 6 heteroatoms. The van der Waals surface area contributed by atoms with Crippen molar-refractivity contribution in [3.63, 3.8) is 0 Å². The fourth-order valence-electron chi connectivity index (χ4n) is 2.26. The highest BCUT2D eigenvalue weighted by atomic mass is 32.2. The van der Waals surface area contributed by atoms with Crippen LogP contribution in [0, 0.1) is 11.7 Å². The van der Waals surface area contributed by atoms with E-state index in [1.807, 2.05) is 13.1 Å². The third kappa shape index (κ3) is 4.58. The number of hydrogen-bond acceptors (Lipinski definition) is 3. The van der Waals surface area contributed by atoms with Crippen molar-refractivity contribution < 1.29 is 9.18 Å². The molecule has 1 N–H and O–H groups in total. The summed E-state index contributed by atoms with van der Waals surface area (Å²) in [5, 5.41) is 7.27. The zero-order valence-corrected chi connectivity index (χ0v) is 13.9. The molecule has 0 spiro atoms. The van der Waals surface area contributed by atoms with E-state index in [-0.39, 0.29) is 17.8 Å². The molecule has 1 aliphatic rings. The summed E-state index contributed by atoms with van der Waals surface area (Å²) in [5.74, 6) is 2.21. The minimum Gasteiger partial charge on any atom is -0.349 e. The van der Waals surface area contributed by atoms with Gasteiger partial charge in [0.25, 0.3) is 0 Å². The maximum Gasteiger partial charge on any atom is 0.230 e. The van der Waals surface area contributed by atoms with Crippen molar-refractivity contribution >= 4 is 17.7 Å². The van der Waals surface area contributed by atoms with Crippen LogP contribution in [0.15, 0.2) is 36.7 Å². The molecule has 1 atom stereocenters. The van der Waals surface area contributed by atoms with Gasteiger partial charge in [-0.2, -0.15) is 16.9 Å². The van der Waals surface area contributed by atoms with Gasteiger partial charge >= 0.3 is 0 Å². The summed E-state index contributed by atoms with van der Waals surface area (Å²) in [6.07, 6.45) is 6.21. The smallest absolute Gasteiger partial charge is 0.230 e. The van der Waals surface area contributed by atoms with E-state index < -0.39 is 0 Å². The van der Waals surface area contributed by atoms with Gasteiger partial charge in [-0.05, 0) is 55.7 Å². The summed E-state index contributed by atoms with van der Waals surface area (Å²) in [6, 6.07) is 6.05. The standard InChI is InChI=1S/C17H20FN3OS/c1-12(20-17(22)11-23-10-13-2-3-13)14-8-19-21(9-14)16-6-4-15(18)5-7-16/h4-9,12-13H,2-3,10-11H2,1H3,(H,20,22)/t12-/m0/s1. The Labute approximate surface area is 139 Å². The van der Waals surface area contributed by atoms with Gasteiger partial charge < -0.3 is 5.32 Å². The molecule has 0 unspecified atom stereocenters. The molecule has 0 saturated heterocycles. The fraction of sp³-hybridized carbons (Fsp3) is 0.412. The number of carbonyl (C=O) groups excluding carboxylic acids is 1. The Morgan fingerprint density at radius 1 is 1.43 bits per heavy atom. The van der Waals surface area contributed by atoms with Crippen LogP contribution in [0.25, 0.3) is 5.69 Å². The third-order valence-corrected chi connectivity index (χ3v) is 5.03. The van der Waals surface area contributed by atoms with E-state index in [0.717, 1.165) is 22.9 Å². The van der Waals surface area contributed by atoms with Crippen LogP contribution in [0.1, 0.15) is 31.4 Å². The largest absolute Gasteiger partial charge is 0.349 e. The molecule has 1 fully saturated rings. The Balaban J connectivity index is 1.53. The molecule has 0 bridgehead atoms. The van der Waals surface area contributed by atoms with Crippen molar-refractivity contribution in [2.45, 2.75) is 25.8 Å². The number of amides is 1. The highest BCUT2D eigenvalue weighted by Gasteiger charge is 2.21. The highest BCUT2D eigenvalue weighted by molar-refractivity contribution is 7.99. The Morgan fingerprint density at radius 2 is 2.17 bits per heavy atom. The lowest BCUT2D eigenvalue weighted by molar-refractivity contribution is -0.119. The average Bonchev–Trinajstić information content (AvgIpc) is 3.21. The van der Waals surface area contributed by atoms with Crippen molar-refractivity contribution in [1.82, 2.24) is 15.1 Å². The molecule has 1 saturated carbocycles. The van der Waals surface area contributed by atoms with Gasteiger partial charge in [0, 0.05) is 11.8 Å². The minimum atomic E-state index is -0.273. The zero-order chi connectivity index (χ0) is 16.2. The van der Waals surface area contributed by atoms with Crippen LogP contribution in [-0.4, -0.2) is 27.2 Å². The van der Waals surface area contributed by atoms with Crippen molar-refractivity contribution in [3.8, 4) is 5.69 Å². The summed E-state index contributed by atoms with van der Waals surface area (Å²) < 4.78 is 14.6. The monoisotopic (exact) mass is 333 g/mol. The molecule has 1 heterocycles. The number of hydrogen-bond donors (Lipinski definition) is 1. The Kier molecular flexibility index (Phi) is 5.00. The van der Waals surface area contributed by atoms with E-state index in [2.05, 4.69) is 10.4 Å². The van der Waals surface area contributed by atoms with Gasteiger partial charge in [-0.3, -0.25) is 4.79 Å². The van der Waals surface area contributed by atoms with E-state index >= 15 is 0 Å². The lowest BCUT2D eigenvalue weighted by Gasteiger charge is -2.11.